The molecule has 1 N–H and O–H groups in total. The van der Waals surface area contributed by atoms with Gasteiger partial charge >= 0.3 is 0 Å². The minimum absolute atomic E-state index is 0.201. The average Bonchev–Trinajstić information content (AvgIpc) is 2.78. The first-order valence-corrected chi connectivity index (χ1v) is 9.83. The summed E-state index contributed by atoms with van der Waals surface area (Å²) in [5.41, 5.74) is 1.79. The molecule has 3 aromatic carbocycles. The summed E-state index contributed by atoms with van der Waals surface area (Å²) < 4.78 is 24.2. The zero-order valence-corrected chi connectivity index (χ0v) is 17.0. The van der Waals surface area contributed by atoms with Crippen LogP contribution in [0.15, 0.2) is 82.2 Å². The van der Waals surface area contributed by atoms with Crippen LogP contribution in [0, 0.1) is 5.82 Å². The standard InChI is InChI=1S/C24H17ClFNO4/c25-21-4-2-1-3-16(21)12-27-23(28)14-30-18-9-10-19-22(11-18)31-13-20(24(19)29)15-5-7-17(26)8-6-15/h1-11,13H,12,14H2,(H,27,28). The summed E-state index contributed by atoms with van der Waals surface area (Å²) >= 11 is 6.07. The molecule has 7 heteroatoms. The molecule has 0 saturated heterocycles. The Morgan fingerprint density at radius 2 is 1.84 bits per heavy atom. The Morgan fingerprint density at radius 1 is 1.06 bits per heavy atom. The Bertz CT molecular complexity index is 1300. The Balaban J connectivity index is 1.44. The molecule has 31 heavy (non-hydrogen) atoms. The first kappa shape index (κ1) is 20.6. The molecule has 4 aromatic rings. The fourth-order valence-corrected chi connectivity index (χ4v) is 3.27. The van der Waals surface area contributed by atoms with Gasteiger partial charge in [-0.25, -0.2) is 4.39 Å². The molecular formula is C24H17ClFNO4. The lowest BCUT2D eigenvalue weighted by Crippen LogP contribution is -2.28. The quantitative estimate of drug-likeness (QED) is 0.463. The SMILES string of the molecule is O=C(COc1ccc2c(=O)c(-c3ccc(F)cc3)coc2c1)NCc1ccccc1Cl. The number of halogens is 2. The number of hydrogen-bond donors (Lipinski definition) is 1. The highest BCUT2D eigenvalue weighted by Crippen LogP contribution is 2.23. The first-order chi connectivity index (χ1) is 15.0. The summed E-state index contributed by atoms with van der Waals surface area (Å²) in [5, 5.41) is 3.67. The first-order valence-electron chi connectivity index (χ1n) is 9.45. The van der Waals surface area contributed by atoms with Crippen LogP contribution in [0.2, 0.25) is 5.02 Å². The zero-order chi connectivity index (χ0) is 21.8. The van der Waals surface area contributed by atoms with Crippen molar-refractivity contribution < 1.29 is 18.3 Å². The van der Waals surface area contributed by atoms with E-state index in [1.54, 1.807) is 24.3 Å². The van der Waals surface area contributed by atoms with Crippen molar-refractivity contribution in [2.24, 2.45) is 0 Å². The van der Waals surface area contributed by atoms with Crippen LogP contribution in [0.5, 0.6) is 5.75 Å². The van der Waals surface area contributed by atoms with Gasteiger partial charge in [0, 0.05) is 17.6 Å². The lowest BCUT2D eigenvalue weighted by atomic mass is 10.1. The van der Waals surface area contributed by atoms with E-state index in [1.165, 1.54) is 30.5 Å². The van der Waals surface area contributed by atoms with Crippen LogP contribution >= 0.6 is 11.6 Å². The molecule has 0 atom stereocenters. The van der Waals surface area contributed by atoms with E-state index in [2.05, 4.69) is 5.32 Å². The van der Waals surface area contributed by atoms with Gasteiger partial charge < -0.3 is 14.5 Å². The Hall–Kier alpha value is -3.64. The Morgan fingerprint density at radius 3 is 2.61 bits per heavy atom. The summed E-state index contributed by atoms with van der Waals surface area (Å²) in [7, 11) is 0. The molecule has 0 radical (unpaired) electrons. The van der Waals surface area contributed by atoms with Gasteiger partial charge in [-0.2, -0.15) is 0 Å². The van der Waals surface area contributed by atoms with Gasteiger partial charge in [-0.15, -0.1) is 0 Å². The maximum atomic E-state index is 13.1. The van der Waals surface area contributed by atoms with Gasteiger partial charge in [0.2, 0.25) is 0 Å². The van der Waals surface area contributed by atoms with Crippen LogP contribution in [-0.4, -0.2) is 12.5 Å². The molecule has 5 nitrogen and oxygen atoms in total. The molecule has 1 heterocycles. The molecule has 0 aliphatic rings. The summed E-state index contributed by atoms with van der Waals surface area (Å²) in [6.07, 6.45) is 1.33. The van der Waals surface area contributed by atoms with E-state index in [1.807, 2.05) is 18.2 Å². The van der Waals surface area contributed by atoms with Crippen molar-refractivity contribution in [3.63, 3.8) is 0 Å². The lowest BCUT2D eigenvalue weighted by molar-refractivity contribution is -0.123. The van der Waals surface area contributed by atoms with Gasteiger partial charge in [0.15, 0.2) is 12.0 Å². The van der Waals surface area contributed by atoms with Crippen LogP contribution in [-0.2, 0) is 11.3 Å². The number of nitrogens with one attached hydrogen (secondary N) is 1. The lowest BCUT2D eigenvalue weighted by Gasteiger charge is -2.09. The van der Waals surface area contributed by atoms with Crippen molar-refractivity contribution in [3.8, 4) is 16.9 Å². The number of hydrogen-bond acceptors (Lipinski definition) is 4. The molecular weight excluding hydrogens is 421 g/mol. The number of fused-ring (bicyclic) bond motifs is 1. The monoisotopic (exact) mass is 437 g/mol. The predicted octanol–water partition coefficient (Wildman–Crippen LogP) is 4.95. The summed E-state index contributed by atoms with van der Waals surface area (Å²) in [4.78, 5) is 24.8. The number of amides is 1. The van der Waals surface area contributed by atoms with E-state index in [4.69, 9.17) is 20.8 Å². The van der Waals surface area contributed by atoms with Crippen molar-refractivity contribution in [1.29, 1.82) is 0 Å². The van der Waals surface area contributed by atoms with Crippen LogP contribution in [0.4, 0.5) is 4.39 Å². The second-order valence-corrected chi connectivity index (χ2v) is 7.21. The van der Waals surface area contributed by atoms with Gasteiger partial charge in [0.05, 0.1) is 10.9 Å². The minimum atomic E-state index is -0.383. The van der Waals surface area contributed by atoms with Gasteiger partial charge in [-0.3, -0.25) is 9.59 Å². The second-order valence-electron chi connectivity index (χ2n) is 6.80. The van der Waals surface area contributed by atoms with E-state index < -0.39 is 0 Å². The fraction of sp³-hybridized carbons (Fsp3) is 0.0833. The van der Waals surface area contributed by atoms with Gasteiger partial charge in [0.1, 0.15) is 23.4 Å². The highest BCUT2D eigenvalue weighted by atomic mass is 35.5. The Kier molecular flexibility index (Phi) is 6.00. The van der Waals surface area contributed by atoms with E-state index in [0.717, 1.165) is 5.56 Å². The maximum Gasteiger partial charge on any atom is 0.258 e. The van der Waals surface area contributed by atoms with E-state index >= 15 is 0 Å². The van der Waals surface area contributed by atoms with Crippen molar-refractivity contribution in [1.82, 2.24) is 5.32 Å². The summed E-state index contributed by atoms with van der Waals surface area (Å²) in [6.45, 7) is 0.0917. The largest absolute Gasteiger partial charge is 0.484 e. The number of carbonyl (C=O) groups is 1. The Labute approximate surface area is 182 Å². The van der Waals surface area contributed by atoms with Gasteiger partial charge in [-0.1, -0.05) is 41.9 Å². The summed E-state index contributed by atoms with van der Waals surface area (Å²) in [5.74, 6) is -0.308. The van der Waals surface area contributed by atoms with Crippen LogP contribution < -0.4 is 15.5 Å². The third-order valence-electron chi connectivity index (χ3n) is 4.71. The highest BCUT2D eigenvalue weighted by molar-refractivity contribution is 6.31. The molecule has 0 saturated carbocycles. The van der Waals surface area contributed by atoms with Crippen molar-refractivity contribution >= 4 is 28.5 Å². The smallest absolute Gasteiger partial charge is 0.258 e. The molecule has 0 aliphatic heterocycles. The third kappa shape index (κ3) is 4.75. The zero-order valence-electron chi connectivity index (χ0n) is 16.2. The molecule has 0 fully saturated rings. The van der Waals surface area contributed by atoms with Crippen LogP contribution in [0.1, 0.15) is 5.56 Å². The van der Waals surface area contributed by atoms with Gasteiger partial charge in [0.25, 0.3) is 5.91 Å². The molecule has 0 unspecified atom stereocenters. The predicted molar refractivity (Wildman–Crippen MR) is 117 cm³/mol. The molecule has 156 valence electrons. The minimum Gasteiger partial charge on any atom is -0.484 e. The molecule has 1 aromatic heterocycles. The number of rotatable bonds is 6. The van der Waals surface area contributed by atoms with E-state index in [-0.39, 0.29) is 23.8 Å². The third-order valence-corrected chi connectivity index (χ3v) is 5.07. The molecule has 0 aliphatic carbocycles. The molecule has 0 spiro atoms. The van der Waals surface area contributed by atoms with Crippen molar-refractivity contribution in [2.45, 2.75) is 6.54 Å². The fourth-order valence-electron chi connectivity index (χ4n) is 3.06. The van der Waals surface area contributed by atoms with E-state index in [9.17, 15) is 14.0 Å². The highest BCUT2D eigenvalue weighted by Gasteiger charge is 2.11. The summed E-state index contributed by atoms with van der Waals surface area (Å²) in [6, 6.07) is 17.6. The van der Waals surface area contributed by atoms with Crippen molar-refractivity contribution in [3.05, 3.63) is 99.6 Å². The maximum absolute atomic E-state index is 13.1. The second kappa shape index (κ2) is 9.02. The number of ether oxygens (including phenoxy) is 1. The normalized spacial score (nSPS) is 10.8. The van der Waals surface area contributed by atoms with Crippen LogP contribution in [0.25, 0.3) is 22.1 Å². The average molecular weight is 438 g/mol. The molecule has 1 amide bonds. The topological polar surface area (TPSA) is 68.5 Å². The van der Waals surface area contributed by atoms with Gasteiger partial charge in [-0.05, 0) is 41.5 Å². The number of carbonyl (C=O) groups excluding carboxylic acids is 1. The van der Waals surface area contributed by atoms with Crippen LogP contribution in [0.3, 0.4) is 0 Å². The van der Waals surface area contributed by atoms with E-state index in [0.29, 0.717) is 39.4 Å². The van der Waals surface area contributed by atoms with Crippen molar-refractivity contribution in [2.75, 3.05) is 6.61 Å². The molecule has 0 bridgehead atoms. The molecule has 4 rings (SSSR count). The number of benzene rings is 3.